The van der Waals surface area contributed by atoms with E-state index < -0.39 is 0 Å². The van der Waals surface area contributed by atoms with Crippen LogP contribution >= 0.6 is 0 Å². The molecule has 1 unspecified atom stereocenters. The van der Waals surface area contributed by atoms with Crippen molar-refractivity contribution < 1.29 is 37.4 Å². The molecule has 0 bridgehead atoms. The second-order valence-corrected chi connectivity index (χ2v) is 9.07. The van der Waals surface area contributed by atoms with Gasteiger partial charge in [0.1, 0.15) is 0 Å². The second kappa shape index (κ2) is 10.7. The average molecular weight is 446 g/mol. The zero-order chi connectivity index (χ0) is 20.3. The number of rotatable bonds is 0. The van der Waals surface area contributed by atoms with E-state index in [0.29, 0.717) is 6.10 Å². The van der Waals surface area contributed by atoms with Crippen LogP contribution < -0.4 is 0 Å². The fourth-order valence-electron chi connectivity index (χ4n) is 3.55. The van der Waals surface area contributed by atoms with Gasteiger partial charge in [-0.25, -0.2) is 11.1 Å². The molecular formula is C25H40OY-2. The third-order valence-corrected chi connectivity index (χ3v) is 6.28. The van der Waals surface area contributed by atoms with Crippen LogP contribution in [0.15, 0.2) is 33.4 Å². The molecule has 2 aliphatic carbocycles. The third kappa shape index (κ3) is 7.41. The Morgan fingerprint density at radius 3 is 1.22 bits per heavy atom. The predicted octanol–water partition coefficient (Wildman–Crippen LogP) is 7.41. The molecule has 1 atom stereocenters. The van der Waals surface area contributed by atoms with Gasteiger partial charge in [-0.3, -0.25) is 12.2 Å². The van der Waals surface area contributed by atoms with E-state index in [4.69, 9.17) is 4.74 Å². The van der Waals surface area contributed by atoms with E-state index in [-0.39, 0.29) is 43.5 Å². The molecule has 0 aromatic rings. The molecule has 3 aliphatic rings. The number of hydrogen-bond acceptors (Lipinski definition) is 1. The third-order valence-electron chi connectivity index (χ3n) is 6.28. The molecule has 3 rings (SSSR count). The van der Waals surface area contributed by atoms with Crippen LogP contribution in [0.1, 0.15) is 89.0 Å². The molecule has 27 heavy (non-hydrogen) atoms. The van der Waals surface area contributed by atoms with E-state index in [0.717, 1.165) is 6.61 Å². The Morgan fingerprint density at radius 2 is 1.15 bits per heavy atom. The van der Waals surface area contributed by atoms with E-state index >= 15 is 0 Å². The minimum absolute atomic E-state index is 0. The summed E-state index contributed by atoms with van der Waals surface area (Å²) >= 11 is 0. The second-order valence-electron chi connectivity index (χ2n) is 9.07. The van der Waals surface area contributed by atoms with E-state index in [2.05, 4.69) is 88.3 Å². The van der Waals surface area contributed by atoms with Crippen LogP contribution in [0, 0.1) is 23.0 Å². The fraction of sp³-hybridized carbons (Fsp3) is 0.680. The van der Waals surface area contributed by atoms with Crippen molar-refractivity contribution in [1.82, 2.24) is 0 Å². The smallest absolute Gasteiger partial charge is 0.0547 e. The van der Waals surface area contributed by atoms with Gasteiger partial charge in [0.2, 0.25) is 0 Å². The standard InChI is InChI=1S/2C10H15.C5H10O.Y/c2*1-7-6-10(4,5)9(3)8(7)2;1-5-3-2-4-6-5;/h2*1-5H3;5H,2-4H2,1H3;/q2*-1;;. The first-order valence-electron chi connectivity index (χ1n) is 10.0. The van der Waals surface area contributed by atoms with E-state index in [9.17, 15) is 0 Å². The summed E-state index contributed by atoms with van der Waals surface area (Å²) in [5, 5.41) is 0. The van der Waals surface area contributed by atoms with Crippen molar-refractivity contribution in [2.75, 3.05) is 6.61 Å². The molecular weight excluding hydrogens is 405 g/mol. The maximum absolute atomic E-state index is 5.15. The van der Waals surface area contributed by atoms with Crippen LogP contribution in [0.5, 0.6) is 0 Å². The summed E-state index contributed by atoms with van der Waals surface area (Å²) in [4.78, 5) is 0. The van der Waals surface area contributed by atoms with E-state index in [1.165, 1.54) is 46.3 Å². The van der Waals surface area contributed by atoms with Gasteiger partial charge in [-0.15, -0.1) is 13.8 Å². The van der Waals surface area contributed by atoms with E-state index in [1.54, 1.807) is 0 Å². The molecule has 0 aromatic carbocycles. The summed E-state index contributed by atoms with van der Waals surface area (Å²) in [5.41, 5.74) is 8.79. The Kier molecular flexibility index (Phi) is 10.7. The van der Waals surface area contributed by atoms with Gasteiger partial charge in [0.05, 0.1) is 6.10 Å². The minimum atomic E-state index is 0. The molecule has 0 N–H and O–H groups in total. The van der Waals surface area contributed by atoms with Crippen LogP contribution in [-0.4, -0.2) is 12.7 Å². The van der Waals surface area contributed by atoms with Crippen LogP contribution in [0.4, 0.5) is 0 Å². The Hall–Kier alpha value is 0.0239. The van der Waals surface area contributed by atoms with Crippen LogP contribution in [0.2, 0.25) is 0 Å². The Morgan fingerprint density at radius 1 is 0.778 bits per heavy atom. The minimum Gasteiger partial charge on any atom is -0.379 e. The van der Waals surface area contributed by atoms with Gasteiger partial charge in [0.15, 0.2) is 0 Å². The molecule has 0 amide bonds. The van der Waals surface area contributed by atoms with Gasteiger partial charge in [0.25, 0.3) is 0 Å². The van der Waals surface area contributed by atoms with Gasteiger partial charge < -0.3 is 4.74 Å². The molecule has 0 spiro atoms. The van der Waals surface area contributed by atoms with Gasteiger partial charge in [-0.2, -0.15) is 22.3 Å². The molecule has 1 fully saturated rings. The number of hydrogen-bond donors (Lipinski definition) is 0. The van der Waals surface area contributed by atoms with Gasteiger partial charge in [-0.05, 0) is 19.8 Å². The fourth-order valence-corrected chi connectivity index (χ4v) is 3.55. The van der Waals surface area contributed by atoms with Crippen molar-refractivity contribution in [3.05, 3.63) is 45.6 Å². The first-order chi connectivity index (χ1) is 11.8. The summed E-state index contributed by atoms with van der Waals surface area (Å²) in [6, 6.07) is 0. The zero-order valence-corrected chi connectivity index (χ0v) is 22.5. The van der Waals surface area contributed by atoms with Gasteiger partial charge >= 0.3 is 0 Å². The first-order valence-corrected chi connectivity index (χ1v) is 10.0. The molecule has 1 aliphatic heterocycles. The van der Waals surface area contributed by atoms with Crippen molar-refractivity contribution in [3.63, 3.8) is 0 Å². The van der Waals surface area contributed by atoms with Crippen molar-refractivity contribution in [2.45, 2.75) is 95.1 Å². The summed E-state index contributed by atoms with van der Waals surface area (Å²) in [6.45, 7) is 24.9. The maximum Gasteiger partial charge on any atom is 0.0547 e. The van der Waals surface area contributed by atoms with Crippen molar-refractivity contribution >= 4 is 0 Å². The average Bonchev–Trinajstić information content (AvgIpc) is 3.13. The number of allylic oxidation sites excluding steroid dienone is 8. The summed E-state index contributed by atoms with van der Waals surface area (Å²) in [7, 11) is 0. The van der Waals surface area contributed by atoms with Crippen molar-refractivity contribution in [3.8, 4) is 0 Å². The normalized spacial score (nSPS) is 25.1. The van der Waals surface area contributed by atoms with Crippen LogP contribution in [0.25, 0.3) is 0 Å². The number of ether oxygens (including phenoxy) is 1. The molecule has 1 saturated heterocycles. The predicted molar refractivity (Wildman–Crippen MR) is 114 cm³/mol. The zero-order valence-electron chi connectivity index (χ0n) is 19.7. The maximum atomic E-state index is 5.15. The van der Waals surface area contributed by atoms with Gasteiger partial charge in [0, 0.05) is 39.3 Å². The molecule has 1 radical (unpaired) electrons. The molecule has 0 saturated carbocycles. The quantitative estimate of drug-likeness (QED) is 0.353. The molecule has 1 nitrogen and oxygen atoms in total. The molecule has 0 aromatic heterocycles. The van der Waals surface area contributed by atoms with Crippen molar-refractivity contribution in [1.29, 1.82) is 0 Å². The molecule has 1 heterocycles. The van der Waals surface area contributed by atoms with Gasteiger partial charge in [-0.1, -0.05) is 66.2 Å². The molecule has 151 valence electrons. The largest absolute Gasteiger partial charge is 0.379 e. The monoisotopic (exact) mass is 445 g/mol. The Bertz CT molecular complexity index is 585. The summed E-state index contributed by atoms with van der Waals surface area (Å²) < 4.78 is 5.15. The van der Waals surface area contributed by atoms with Crippen molar-refractivity contribution in [2.24, 2.45) is 10.8 Å². The summed E-state index contributed by atoms with van der Waals surface area (Å²) in [5.74, 6) is 0. The molecule has 2 heteroatoms. The Balaban J connectivity index is 0.000000380. The van der Waals surface area contributed by atoms with E-state index in [1.807, 2.05) is 0 Å². The summed E-state index contributed by atoms with van der Waals surface area (Å²) in [6.07, 6.45) is 9.95. The Labute approximate surface area is 194 Å². The van der Waals surface area contributed by atoms with Crippen LogP contribution in [-0.2, 0) is 37.4 Å². The van der Waals surface area contributed by atoms with Crippen LogP contribution in [0.3, 0.4) is 0 Å². The SMILES string of the molecule is CC1=[C-]C(C)(C)C(C)=C1C.CC1=[C-]C(C)(C)C(C)=C1C.CC1CCCO1.[Y]. The first kappa shape index (κ1) is 27.0. The topological polar surface area (TPSA) is 9.23 Å².